The number of benzene rings is 2. The van der Waals surface area contributed by atoms with Crippen LogP contribution in [0.2, 0.25) is 0 Å². The Morgan fingerprint density at radius 1 is 1.00 bits per heavy atom. The molecule has 2 amide bonds. The van der Waals surface area contributed by atoms with Crippen LogP contribution in [0.25, 0.3) is 0 Å². The van der Waals surface area contributed by atoms with Gasteiger partial charge in [-0.05, 0) is 36.4 Å². The summed E-state index contributed by atoms with van der Waals surface area (Å²) < 4.78 is 10.2. The van der Waals surface area contributed by atoms with E-state index in [2.05, 4.69) is 16.0 Å². The summed E-state index contributed by atoms with van der Waals surface area (Å²) >= 11 is 0. The lowest BCUT2D eigenvalue weighted by atomic mass is 10.2. The molecule has 0 saturated heterocycles. The van der Waals surface area contributed by atoms with Gasteiger partial charge in [0.25, 0.3) is 11.8 Å². The maximum Gasteiger partial charge on any atom is 0.347 e. The molecule has 3 N–H and O–H groups in total. The van der Waals surface area contributed by atoms with Crippen LogP contribution in [0.1, 0.15) is 10.4 Å². The third-order valence-electron chi connectivity index (χ3n) is 4.08. The molecule has 9 nitrogen and oxygen atoms in total. The summed E-state index contributed by atoms with van der Waals surface area (Å²) in [6.45, 7) is -0.880. The molecular formula is C21H19N3O6. The molecule has 154 valence electrons. The Labute approximate surface area is 172 Å². The monoisotopic (exact) mass is 409 g/mol. The quantitative estimate of drug-likeness (QED) is 0.467. The molecule has 1 heterocycles. The smallest absolute Gasteiger partial charge is 0.347 e. The topological polar surface area (TPSA) is 123 Å². The highest BCUT2D eigenvalue weighted by Crippen LogP contribution is 2.20. The largest absolute Gasteiger partial charge is 0.470 e. The van der Waals surface area contributed by atoms with E-state index in [1.807, 2.05) is 6.07 Å². The van der Waals surface area contributed by atoms with E-state index in [0.29, 0.717) is 16.9 Å². The molecule has 0 radical (unpaired) electrons. The maximum absolute atomic E-state index is 12.3. The van der Waals surface area contributed by atoms with Crippen LogP contribution < -0.4 is 16.0 Å². The number of carbonyl (C=O) groups excluding carboxylic acids is 4. The number of esters is 1. The van der Waals surface area contributed by atoms with Crippen molar-refractivity contribution in [1.29, 1.82) is 0 Å². The molecule has 0 saturated carbocycles. The first kappa shape index (κ1) is 20.6. The average molecular weight is 409 g/mol. The number of Topliss-reactive ketones (excluding diaryl/α,β-unsaturated/α-hetero) is 1. The second-order valence-electron chi connectivity index (χ2n) is 6.19. The number of amides is 2. The number of hydrogen-bond donors (Lipinski definition) is 3. The molecule has 9 heteroatoms. The van der Waals surface area contributed by atoms with Gasteiger partial charge in [-0.1, -0.05) is 18.2 Å². The zero-order valence-corrected chi connectivity index (χ0v) is 16.1. The first-order chi connectivity index (χ1) is 14.5. The molecule has 0 aromatic heterocycles. The van der Waals surface area contributed by atoms with Crippen LogP contribution in [-0.2, 0) is 23.9 Å². The third-order valence-corrected chi connectivity index (χ3v) is 4.08. The Balaban J connectivity index is 1.58. The molecule has 0 spiro atoms. The van der Waals surface area contributed by atoms with Crippen molar-refractivity contribution in [3.63, 3.8) is 0 Å². The lowest BCUT2D eigenvalue weighted by molar-refractivity contribution is -0.144. The molecule has 1 aliphatic heterocycles. The van der Waals surface area contributed by atoms with Gasteiger partial charge in [0.1, 0.15) is 0 Å². The number of rotatable bonds is 7. The SMILES string of the molecule is CNC(=O)c1ccc(NC(=O)COC(=O)C2=C(Nc3ccccc3)OCC2=O)cc1. The Kier molecular flexibility index (Phi) is 6.43. The summed E-state index contributed by atoms with van der Waals surface area (Å²) in [7, 11) is 1.52. The van der Waals surface area contributed by atoms with E-state index in [0.717, 1.165) is 0 Å². The number of hydrogen-bond acceptors (Lipinski definition) is 7. The van der Waals surface area contributed by atoms with E-state index in [4.69, 9.17) is 9.47 Å². The molecule has 2 aromatic rings. The van der Waals surface area contributed by atoms with Crippen LogP contribution in [0.5, 0.6) is 0 Å². The van der Waals surface area contributed by atoms with E-state index in [1.165, 1.54) is 7.05 Å². The van der Waals surface area contributed by atoms with Gasteiger partial charge in [-0.3, -0.25) is 14.4 Å². The van der Waals surface area contributed by atoms with Gasteiger partial charge in [-0.15, -0.1) is 0 Å². The predicted octanol–water partition coefficient (Wildman–Crippen LogP) is 1.45. The summed E-state index contributed by atoms with van der Waals surface area (Å²) in [5.74, 6) is -2.36. The van der Waals surface area contributed by atoms with Crippen molar-refractivity contribution >= 4 is 34.9 Å². The van der Waals surface area contributed by atoms with Crippen LogP contribution in [0, 0.1) is 0 Å². The molecule has 0 bridgehead atoms. The van der Waals surface area contributed by atoms with Crippen LogP contribution in [-0.4, -0.2) is 43.8 Å². The summed E-state index contributed by atoms with van der Waals surface area (Å²) in [6, 6.07) is 15.0. The standard InChI is InChI=1S/C21H19N3O6/c1-22-19(27)13-7-9-15(10-8-13)23-17(26)12-30-21(28)18-16(25)11-29-20(18)24-14-5-3-2-4-6-14/h2-10,24H,11-12H2,1H3,(H,22,27)(H,23,26). The fraction of sp³-hybridized carbons (Fsp3) is 0.143. The predicted molar refractivity (Wildman–Crippen MR) is 107 cm³/mol. The van der Waals surface area contributed by atoms with Crippen molar-refractivity contribution < 1.29 is 28.7 Å². The number of ketones is 1. The fourth-order valence-corrected chi connectivity index (χ4v) is 2.62. The van der Waals surface area contributed by atoms with Gasteiger partial charge in [0.05, 0.1) is 0 Å². The first-order valence-electron chi connectivity index (χ1n) is 8.99. The third kappa shape index (κ3) is 5.02. The minimum atomic E-state index is -0.957. The van der Waals surface area contributed by atoms with E-state index in [9.17, 15) is 19.2 Å². The zero-order chi connectivity index (χ0) is 21.5. The number of para-hydroxylation sites is 1. The van der Waals surface area contributed by atoms with Crippen LogP contribution in [0.4, 0.5) is 11.4 Å². The van der Waals surface area contributed by atoms with Crippen molar-refractivity contribution in [3.05, 3.63) is 71.6 Å². The Bertz CT molecular complexity index is 999. The fourth-order valence-electron chi connectivity index (χ4n) is 2.62. The maximum atomic E-state index is 12.3. The summed E-state index contributed by atoms with van der Waals surface area (Å²) in [5.41, 5.74) is 1.22. The van der Waals surface area contributed by atoms with Crippen molar-refractivity contribution in [2.45, 2.75) is 0 Å². The van der Waals surface area contributed by atoms with Gasteiger partial charge in [0.15, 0.2) is 18.8 Å². The molecule has 0 unspecified atom stereocenters. The molecular weight excluding hydrogens is 390 g/mol. The molecule has 1 aliphatic rings. The molecule has 0 fully saturated rings. The lowest BCUT2D eigenvalue weighted by Gasteiger charge is -2.09. The zero-order valence-electron chi connectivity index (χ0n) is 16.1. The molecule has 3 rings (SSSR count). The summed E-state index contributed by atoms with van der Waals surface area (Å²) in [5, 5.41) is 7.88. The second-order valence-corrected chi connectivity index (χ2v) is 6.19. The number of ether oxygens (including phenoxy) is 2. The minimum absolute atomic E-state index is 0.0126. The molecule has 0 atom stereocenters. The number of nitrogens with one attached hydrogen (secondary N) is 3. The first-order valence-corrected chi connectivity index (χ1v) is 8.99. The Hall–Kier alpha value is -4.14. The molecule has 30 heavy (non-hydrogen) atoms. The second kappa shape index (κ2) is 9.37. The van der Waals surface area contributed by atoms with Crippen LogP contribution in [0.3, 0.4) is 0 Å². The van der Waals surface area contributed by atoms with E-state index in [1.54, 1.807) is 48.5 Å². The van der Waals surface area contributed by atoms with Gasteiger partial charge >= 0.3 is 5.97 Å². The van der Waals surface area contributed by atoms with Crippen molar-refractivity contribution in [3.8, 4) is 0 Å². The van der Waals surface area contributed by atoms with Gasteiger partial charge < -0.3 is 25.4 Å². The molecule has 2 aromatic carbocycles. The summed E-state index contributed by atoms with van der Waals surface area (Å²) in [4.78, 5) is 47.9. The summed E-state index contributed by atoms with van der Waals surface area (Å²) in [6.07, 6.45) is 0. The van der Waals surface area contributed by atoms with E-state index >= 15 is 0 Å². The van der Waals surface area contributed by atoms with E-state index < -0.39 is 24.3 Å². The lowest BCUT2D eigenvalue weighted by Crippen LogP contribution is -2.24. The highest BCUT2D eigenvalue weighted by molar-refractivity contribution is 6.20. The van der Waals surface area contributed by atoms with Crippen LogP contribution in [0.15, 0.2) is 66.1 Å². The van der Waals surface area contributed by atoms with Crippen molar-refractivity contribution in [2.75, 3.05) is 30.9 Å². The van der Waals surface area contributed by atoms with E-state index in [-0.39, 0.29) is 24.0 Å². The van der Waals surface area contributed by atoms with Crippen LogP contribution >= 0.6 is 0 Å². The Morgan fingerprint density at radius 3 is 2.37 bits per heavy atom. The van der Waals surface area contributed by atoms with Gasteiger partial charge in [-0.25, -0.2) is 4.79 Å². The average Bonchev–Trinajstić information content (AvgIpc) is 3.12. The normalized spacial score (nSPS) is 12.8. The highest BCUT2D eigenvalue weighted by Gasteiger charge is 2.32. The van der Waals surface area contributed by atoms with Gasteiger partial charge in [-0.2, -0.15) is 0 Å². The number of carbonyl (C=O) groups is 4. The molecule has 0 aliphatic carbocycles. The van der Waals surface area contributed by atoms with Crippen molar-refractivity contribution in [2.24, 2.45) is 0 Å². The van der Waals surface area contributed by atoms with Crippen molar-refractivity contribution in [1.82, 2.24) is 5.32 Å². The van der Waals surface area contributed by atoms with Gasteiger partial charge in [0.2, 0.25) is 11.7 Å². The minimum Gasteiger partial charge on any atom is -0.470 e. The highest BCUT2D eigenvalue weighted by atomic mass is 16.5. The number of anilines is 2. The van der Waals surface area contributed by atoms with Gasteiger partial charge in [0, 0.05) is 24.0 Å². The Morgan fingerprint density at radius 2 is 1.70 bits per heavy atom.